The largest absolute Gasteiger partial charge is 0.491 e. The number of carbonyl (C=O) groups is 1. The highest BCUT2D eigenvalue weighted by atomic mass is 17.2. The highest BCUT2D eigenvalue weighted by Crippen LogP contribution is 2.40. The van der Waals surface area contributed by atoms with Gasteiger partial charge in [0.25, 0.3) is 0 Å². The van der Waals surface area contributed by atoms with Crippen molar-refractivity contribution in [1.82, 2.24) is 0 Å². The maximum Gasteiger partial charge on any atom is 0.343 e. The summed E-state index contributed by atoms with van der Waals surface area (Å²) in [5, 5.41) is 0. The molecule has 2 heterocycles. The Morgan fingerprint density at radius 1 is 0.638 bits per heavy atom. The summed E-state index contributed by atoms with van der Waals surface area (Å²) in [5.41, 5.74) is 5.81. The van der Waals surface area contributed by atoms with Crippen LogP contribution in [0, 0.1) is 0 Å². The van der Waals surface area contributed by atoms with E-state index in [9.17, 15) is 4.79 Å². The summed E-state index contributed by atoms with van der Waals surface area (Å²) in [6.45, 7) is 4.99. The summed E-state index contributed by atoms with van der Waals surface area (Å²) in [7, 11) is 0. The maximum absolute atomic E-state index is 12.8. The van der Waals surface area contributed by atoms with E-state index < -0.39 is 5.97 Å². The molecule has 2 saturated heterocycles. The van der Waals surface area contributed by atoms with Crippen molar-refractivity contribution >= 4 is 5.97 Å². The average Bonchev–Trinajstić information content (AvgIpc) is 4.04. The Hall–Kier alpha value is -4.45. The fraction of sp³-hybridized carbons (Fsp3) is 0.324. The molecule has 4 aromatic carbocycles. The van der Waals surface area contributed by atoms with E-state index in [1.165, 1.54) is 0 Å². The molecule has 2 aliphatic heterocycles. The topological polar surface area (TPSA) is 107 Å². The van der Waals surface area contributed by atoms with Gasteiger partial charge in [-0.25, -0.2) is 4.79 Å². The number of carbonyl (C=O) groups excluding carboxylic acids is 1. The van der Waals surface area contributed by atoms with Crippen LogP contribution in [0.15, 0.2) is 84.9 Å². The molecule has 3 aliphatic rings. The molecule has 0 spiro atoms. The first kappa shape index (κ1) is 31.2. The van der Waals surface area contributed by atoms with E-state index in [4.69, 9.17) is 42.9 Å². The Bertz CT molecular complexity index is 1650. The van der Waals surface area contributed by atoms with Gasteiger partial charge in [-0.1, -0.05) is 24.3 Å². The minimum Gasteiger partial charge on any atom is -0.491 e. The number of esters is 1. The van der Waals surface area contributed by atoms with Gasteiger partial charge in [-0.2, -0.15) is 4.89 Å². The number of fused-ring (bicyclic) bond motifs is 3. The van der Waals surface area contributed by atoms with Crippen LogP contribution in [0.25, 0.3) is 11.1 Å². The van der Waals surface area contributed by atoms with Crippen molar-refractivity contribution in [3.05, 3.63) is 107 Å². The zero-order valence-corrected chi connectivity index (χ0v) is 25.9. The van der Waals surface area contributed by atoms with Gasteiger partial charge in [-0.15, -0.1) is 0 Å². The van der Waals surface area contributed by atoms with Crippen molar-refractivity contribution in [2.24, 2.45) is 0 Å². The molecule has 0 bridgehead atoms. The van der Waals surface area contributed by atoms with Crippen LogP contribution >= 0.6 is 0 Å². The lowest BCUT2D eigenvalue weighted by Crippen LogP contribution is -2.11. The monoisotopic (exact) mass is 640 g/mol. The highest BCUT2D eigenvalue weighted by Gasteiger charge is 2.23. The van der Waals surface area contributed by atoms with Gasteiger partial charge >= 0.3 is 5.97 Å². The van der Waals surface area contributed by atoms with Crippen LogP contribution in [0.1, 0.15) is 27.0 Å². The second-order valence-electron chi connectivity index (χ2n) is 11.5. The van der Waals surface area contributed by atoms with Gasteiger partial charge in [0.15, 0.2) is 5.75 Å². The Labute approximate surface area is 272 Å². The fourth-order valence-electron chi connectivity index (χ4n) is 5.17. The van der Waals surface area contributed by atoms with Crippen molar-refractivity contribution in [2.75, 3.05) is 52.9 Å². The lowest BCUT2D eigenvalue weighted by Gasteiger charge is -2.09. The predicted molar refractivity (Wildman–Crippen MR) is 170 cm³/mol. The Morgan fingerprint density at radius 2 is 1.17 bits per heavy atom. The number of rotatable bonds is 18. The van der Waals surface area contributed by atoms with Gasteiger partial charge in [-0.3, -0.25) is 0 Å². The second-order valence-corrected chi connectivity index (χ2v) is 11.5. The van der Waals surface area contributed by atoms with E-state index in [1.807, 2.05) is 60.7 Å². The van der Waals surface area contributed by atoms with Crippen LogP contribution in [0.5, 0.6) is 23.0 Å². The van der Waals surface area contributed by atoms with Crippen molar-refractivity contribution in [3.63, 3.8) is 0 Å². The Balaban J connectivity index is 0.847. The minimum atomic E-state index is -0.431. The lowest BCUT2D eigenvalue weighted by molar-refractivity contribution is -0.217. The minimum absolute atomic E-state index is 0.237. The molecule has 7 rings (SSSR count). The average molecular weight is 641 g/mol. The number of hydrogen-bond acceptors (Lipinski definition) is 10. The van der Waals surface area contributed by atoms with Crippen molar-refractivity contribution < 1.29 is 47.7 Å². The first-order valence-corrected chi connectivity index (χ1v) is 15.8. The maximum atomic E-state index is 12.8. The molecule has 0 aromatic heterocycles. The van der Waals surface area contributed by atoms with Gasteiger partial charge in [-0.05, 0) is 94.9 Å². The van der Waals surface area contributed by atoms with E-state index in [0.29, 0.717) is 68.9 Å². The molecule has 244 valence electrons. The Morgan fingerprint density at radius 3 is 1.77 bits per heavy atom. The van der Waals surface area contributed by atoms with Gasteiger partial charge in [0, 0.05) is 0 Å². The summed E-state index contributed by atoms with van der Waals surface area (Å²) in [6.07, 6.45) is 1.19. The van der Waals surface area contributed by atoms with Crippen molar-refractivity contribution in [3.8, 4) is 34.1 Å². The molecular weight excluding hydrogens is 604 g/mol. The first-order valence-electron chi connectivity index (χ1n) is 15.8. The normalized spacial score (nSPS) is 17.0. The number of hydrogen-bond donors (Lipinski definition) is 0. The molecule has 0 amide bonds. The molecule has 4 aromatic rings. The van der Waals surface area contributed by atoms with Gasteiger partial charge in [0.1, 0.15) is 49.3 Å². The predicted octanol–water partition coefficient (Wildman–Crippen LogP) is 5.58. The summed E-state index contributed by atoms with van der Waals surface area (Å²) in [5.74, 6) is 2.11. The zero-order valence-electron chi connectivity index (χ0n) is 25.9. The van der Waals surface area contributed by atoms with Crippen molar-refractivity contribution in [1.29, 1.82) is 0 Å². The van der Waals surface area contributed by atoms with Crippen LogP contribution in [0.4, 0.5) is 0 Å². The van der Waals surface area contributed by atoms with Crippen LogP contribution in [-0.2, 0) is 36.9 Å². The molecule has 2 unspecified atom stereocenters. The SMILES string of the molecule is O=C(Oc1ccc2c(c1)Cc1cc(OOCc3ccc(OCCOCC4CO4)cc3)ccc1-2)c1ccc(OCCOCC2CO2)cc1. The molecule has 0 N–H and O–H groups in total. The molecular formula is C37H36O10. The van der Waals surface area contributed by atoms with E-state index in [2.05, 4.69) is 0 Å². The van der Waals surface area contributed by atoms with Gasteiger partial charge in [0.2, 0.25) is 0 Å². The third-order valence-electron chi connectivity index (χ3n) is 7.83. The van der Waals surface area contributed by atoms with Crippen LogP contribution in [0.2, 0.25) is 0 Å². The number of epoxide rings is 2. The molecule has 0 saturated carbocycles. The molecule has 47 heavy (non-hydrogen) atoms. The second kappa shape index (κ2) is 15.0. The molecule has 1 aliphatic carbocycles. The summed E-state index contributed by atoms with van der Waals surface area (Å²) >= 11 is 0. The third-order valence-corrected chi connectivity index (χ3v) is 7.83. The first-order chi connectivity index (χ1) is 23.2. The summed E-state index contributed by atoms with van der Waals surface area (Å²) in [6, 6.07) is 26.2. The summed E-state index contributed by atoms with van der Waals surface area (Å²) < 4.78 is 38.3. The molecule has 2 fully saturated rings. The van der Waals surface area contributed by atoms with Crippen LogP contribution < -0.4 is 19.1 Å². The fourth-order valence-corrected chi connectivity index (χ4v) is 5.17. The Kier molecular flexibility index (Phi) is 9.93. The third kappa shape index (κ3) is 8.88. The zero-order chi connectivity index (χ0) is 31.8. The van der Waals surface area contributed by atoms with Crippen LogP contribution in [0.3, 0.4) is 0 Å². The van der Waals surface area contributed by atoms with Crippen molar-refractivity contribution in [2.45, 2.75) is 25.2 Å². The van der Waals surface area contributed by atoms with Gasteiger partial charge < -0.3 is 38.0 Å². The number of ether oxygens (including phenoxy) is 7. The molecule has 0 radical (unpaired) electrons. The van der Waals surface area contributed by atoms with E-state index >= 15 is 0 Å². The van der Waals surface area contributed by atoms with Gasteiger partial charge in [0.05, 0.1) is 45.2 Å². The lowest BCUT2D eigenvalue weighted by atomic mass is 10.1. The number of benzene rings is 4. The highest BCUT2D eigenvalue weighted by molar-refractivity contribution is 5.91. The smallest absolute Gasteiger partial charge is 0.343 e. The van der Waals surface area contributed by atoms with E-state index in [-0.39, 0.29) is 18.8 Å². The molecule has 2 atom stereocenters. The quantitative estimate of drug-likeness (QED) is 0.0301. The molecule has 10 heteroatoms. The standard InChI is InChI=1S/C37H36O10/c38-37(26-3-7-30(8-4-26)42-16-14-40-22-34-24-44-34)46-31-9-11-35-27(18-31)17-28-19-32(10-12-36(28)35)47-45-20-25-1-5-29(6-2-25)41-15-13-39-21-33-23-43-33/h1-12,18-19,33-34H,13-17,20-24H2. The van der Waals surface area contributed by atoms with E-state index in [1.54, 1.807) is 24.3 Å². The summed E-state index contributed by atoms with van der Waals surface area (Å²) in [4.78, 5) is 24.0. The van der Waals surface area contributed by atoms with Crippen LogP contribution in [-0.4, -0.2) is 71.0 Å². The molecule has 10 nitrogen and oxygen atoms in total. The van der Waals surface area contributed by atoms with E-state index in [0.717, 1.165) is 46.8 Å².